The quantitative estimate of drug-likeness (QED) is 0.383. The van der Waals surface area contributed by atoms with Gasteiger partial charge in [-0.2, -0.15) is 5.10 Å². The molecule has 7 nitrogen and oxygen atoms in total. The molecule has 1 unspecified atom stereocenters. The molecule has 1 atom stereocenters. The summed E-state index contributed by atoms with van der Waals surface area (Å²) in [5, 5.41) is 12.5. The zero-order valence-corrected chi connectivity index (χ0v) is 18.3. The van der Waals surface area contributed by atoms with Crippen LogP contribution in [0.2, 0.25) is 0 Å². The SMILES string of the molecule is CCCCC(Cc1c[nH]c2ccccc12)NC(=O)c1cnc(N2Cc3cn[nH]c3C2)s1. The number of hydrogen-bond acceptors (Lipinski definition) is 5. The molecule has 8 heteroatoms. The maximum Gasteiger partial charge on any atom is 0.263 e. The number of amides is 1. The first-order valence-electron chi connectivity index (χ1n) is 10.8. The molecule has 0 saturated carbocycles. The fourth-order valence-corrected chi connectivity index (χ4v) is 5.03. The minimum absolute atomic E-state index is 0.0379. The van der Waals surface area contributed by atoms with Crippen molar-refractivity contribution >= 4 is 33.3 Å². The molecule has 0 radical (unpaired) electrons. The third kappa shape index (κ3) is 4.07. The van der Waals surface area contributed by atoms with Crippen LogP contribution in [0.1, 0.15) is 52.7 Å². The second-order valence-corrected chi connectivity index (χ2v) is 9.12. The van der Waals surface area contributed by atoms with Crippen LogP contribution >= 0.6 is 11.3 Å². The zero-order chi connectivity index (χ0) is 21.2. The van der Waals surface area contributed by atoms with Gasteiger partial charge in [0.15, 0.2) is 5.13 Å². The number of fused-ring (bicyclic) bond motifs is 2. The van der Waals surface area contributed by atoms with Gasteiger partial charge in [-0.25, -0.2) is 4.98 Å². The summed E-state index contributed by atoms with van der Waals surface area (Å²) in [6.07, 6.45) is 9.59. The molecule has 0 bridgehead atoms. The Kier molecular flexibility index (Phi) is 5.46. The van der Waals surface area contributed by atoms with Crippen molar-refractivity contribution in [2.45, 2.75) is 51.7 Å². The van der Waals surface area contributed by atoms with E-state index in [0.717, 1.165) is 55.1 Å². The number of aromatic nitrogens is 4. The normalized spacial score (nSPS) is 14.2. The largest absolute Gasteiger partial charge is 0.361 e. The number of carbonyl (C=O) groups excluding carboxylic acids is 1. The maximum atomic E-state index is 13.0. The molecule has 1 aliphatic rings. The van der Waals surface area contributed by atoms with Crippen molar-refractivity contribution in [2.24, 2.45) is 0 Å². The van der Waals surface area contributed by atoms with Crippen molar-refractivity contribution in [3.63, 3.8) is 0 Å². The van der Waals surface area contributed by atoms with E-state index in [0.29, 0.717) is 4.88 Å². The predicted octanol–water partition coefficient (Wildman–Crippen LogP) is 4.40. The van der Waals surface area contributed by atoms with Gasteiger partial charge < -0.3 is 15.2 Å². The molecule has 4 aromatic rings. The van der Waals surface area contributed by atoms with Gasteiger partial charge in [0.25, 0.3) is 5.91 Å². The molecule has 0 fully saturated rings. The summed E-state index contributed by atoms with van der Waals surface area (Å²) in [4.78, 5) is 23.7. The summed E-state index contributed by atoms with van der Waals surface area (Å²) in [7, 11) is 0. The molecule has 0 aliphatic carbocycles. The Labute approximate surface area is 184 Å². The average molecular weight is 435 g/mol. The zero-order valence-electron chi connectivity index (χ0n) is 17.5. The van der Waals surface area contributed by atoms with Crippen molar-refractivity contribution in [3.05, 3.63) is 64.6 Å². The monoisotopic (exact) mass is 434 g/mol. The van der Waals surface area contributed by atoms with Gasteiger partial charge >= 0.3 is 0 Å². The number of nitrogens with zero attached hydrogens (tertiary/aromatic N) is 3. The second-order valence-electron chi connectivity index (χ2n) is 8.11. The molecule has 1 aliphatic heterocycles. The van der Waals surface area contributed by atoms with Crippen molar-refractivity contribution in [2.75, 3.05) is 4.90 Å². The number of para-hydroxylation sites is 1. The second kappa shape index (κ2) is 8.55. The lowest BCUT2D eigenvalue weighted by Crippen LogP contribution is -2.36. The lowest BCUT2D eigenvalue weighted by atomic mass is 10.0. The Hall–Kier alpha value is -3.13. The van der Waals surface area contributed by atoms with Crippen LogP contribution < -0.4 is 10.2 Å². The van der Waals surface area contributed by atoms with Gasteiger partial charge in [-0.05, 0) is 24.5 Å². The summed E-state index contributed by atoms with van der Waals surface area (Å²) in [5.41, 5.74) is 4.70. The summed E-state index contributed by atoms with van der Waals surface area (Å²) in [6, 6.07) is 8.41. The molecule has 160 valence electrons. The highest BCUT2D eigenvalue weighted by atomic mass is 32.1. The van der Waals surface area contributed by atoms with Crippen LogP contribution in [0.4, 0.5) is 5.13 Å². The van der Waals surface area contributed by atoms with Crippen LogP contribution in [0.15, 0.2) is 42.9 Å². The van der Waals surface area contributed by atoms with Crippen LogP contribution in [0.3, 0.4) is 0 Å². The van der Waals surface area contributed by atoms with Gasteiger partial charge in [0.05, 0.1) is 24.6 Å². The molecule has 0 saturated heterocycles. The van der Waals surface area contributed by atoms with E-state index in [-0.39, 0.29) is 11.9 Å². The maximum absolute atomic E-state index is 13.0. The van der Waals surface area contributed by atoms with Gasteiger partial charge in [0, 0.05) is 35.2 Å². The van der Waals surface area contributed by atoms with E-state index >= 15 is 0 Å². The molecule has 5 rings (SSSR count). The number of aromatic amines is 2. The molecule has 1 amide bonds. The smallest absolute Gasteiger partial charge is 0.263 e. The van der Waals surface area contributed by atoms with E-state index in [4.69, 9.17) is 0 Å². The van der Waals surface area contributed by atoms with E-state index < -0.39 is 0 Å². The molecular formula is C23H26N6OS. The fourth-order valence-electron chi connectivity index (χ4n) is 4.21. The van der Waals surface area contributed by atoms with Crippen LogP contribution in [0.5, 0.6) is 0 Å². The molecule has 31 heavy (non-hydrogen) atoms. The first kappa shape index (κ1) is 19.8. The van der Waals surface area contributed by atoms with Gasteiger partial charge in [0.2, 0.25) is 0 Å². The number of H-pyrrole nitrogens is 2. The lowest BCUT2D eigenvalue weighted by Gasteiger charge is -2.18. The Balaban J connectivity index is 1.27. The summed E-state index contributed by atoms with van der Waals surface area (Å²) in [6.45, 7) is 3.71. The Morgan fingerprint density at radius 3 is 3.06 bits per heavy atom. The van der Waals surface area contributed by atoms with Gasteiger partial charge in [-0.1, -0.05) is 49.3 Å². The first-order chi connectivity index (χ1) is 15.2. The van der Waals surface area contributed by atoms with Crippen molar-refractivity contribution in [1.29, 1.82) is 0 Å². The van der Waals surface area contributed by atoms with E-state index in [1.54, 1.807) is 6.20 Å². The predicted molar refractivity (Wildman–Crippen MR) is 123 cm³/mol. The highest BCUT2D eigenvalue weighted by Gasteiger charge is 2.24. The number of unbranched alkanes of at least 4 members (excludes halogenated alkanes) is 1. The molecule has 4 heterocycles. The summed E-state index contributed by atoms with van der Waals surface area (Å²) < 4.78 is 0. The van der Waals surface area contributed by atoms with Crippen LogP contribution in [-0.2, 0) is 19.5 Å². The number of thiazole rings is 1. The van der Waals surface area contributed by atoms with Crippen LogP contribution in [0.25, 0.3) is 10.9 Å². The minimum atomic E-state index is -0.0379. The average Bonchev–Trinajstić information content (AvgIpc) is 3.54. The van der Waals surface area contributed by atoms with E-state index in [1.807, 2.05) is 12.3 Å². The lowest BCUT2D eigenvalue weighted by molar-refractivity contribution is 0.0938. The van der Waals surface area contributed by atoms with Crippen molar-refractivity contribution in [3.8, 4) is 0 Å². The van der Waals surface area contributed by atoms with Gasteiger partial charge in [-0.15, -0.1) is 0 Å². The standard InChI is InChI=1S/C23H26N6OS/c1-2-3-6-17(9-15-10-24-19-8-5-4-7-18(15)19)27-22(30)21-12-25-23(31-21)29-13-16-11-26-28-20(16)14-29/h4-5,7-8,10-12,17,24H,2-3,6,9,13-14H2,1H3,(H,26,28)(H,27,30). The van der Waals surface area contributed by atoms with Gasteiger partial charge in [-0.3, -0.25) is 9.89 Å². The van der Waals surface area contributed by atoms with E-state index in [1.165, 1.54) is 27.8 Å². The molecule has 1 aromatic carbocycles. The Morgan fingerprint density at radius 1 is 1.29 bits per heavy atom. The molecular weight excluding hydrogens is 408 g/mol. The summed E-state index contributed by atoms with van der Waals surface area (Å²) in [5.74, 6) is -0.0379. The third-order valence-corrected chi connectivity index (χ3v) is 6.94. The number of hydrogen-bond donors (Lipinski definition) is 3. The number of rotatable bonds is 8. The third-order valence-electron chi connectivity index (χ3n) is 5.89. The number of anilines is 1. The van der Waals surface area contributed by atoms with Crippen LogP contribution in [0, 0.1) is 0 Å². The topological polar surface area (TPSA) is 89.7 Å². The van der Waals surface area contributed by atoms with Gasteiger partial charge in [0.1, 0.15) is 4.88 Å². The fraction of sp³-hybridized carbons (Fsp3) is 0.348. The Morgan fingerprint density at radius 2 is 2.19 bits per heavy atom. The van der Waals surface area contributed by atoms with Crippen molar-refractivity contribution in [1.82, 2.24) is 25.5 Å². The minimum Gasteiger partial charge on any atom is -0.361 e. The molecule has 0 spiro atoms. The number of carbonyl (C=O) groups is 1. The summed E-state index contributed by atoms with van der Waals surface area (Å²) >= 11 is 1.45. The number of nitrogens with one attached hydrogen (secondary N) is 3. The van der Waals surface area contributed by atoms with E-state index in [2.05, 4.69) is 61.7 Å². The molecule has 3 N–H and O–H groups in total. The number of benzene rings is 1. The highest BCUT2D eigenvalue weighted by molar-refractivity contribution is 7.17. The Bertz CT molecular complexity index is 1170. The highest BCUT2D eigenvalue weighted by Crippen LogP contribution is 2.30. The van der Waals surface area contributed by atoms with Crippen molar-refractivity contribution < 1.29 is 4.79 Å². The molecule has 3 aromatic heterocycles. The van der Waals surface area contributed by atoms with E-state index in [9.17, 15) is 4.79 Å². The van der Waals surface area contributed by atoms with Crippen LogP contribution in [-0.4, -0.2) is 32.1 Å². The first-order valence-corrected chi connectivity index (χ1v) is 11.6.